The summed E-state index contributed by atoms with van der Waals surface area (Å²) in [5, 5.41) is 8.21. The van der Waals surface area contributed by atoms with Crippen LogP contribution in [0, 0.1) is 0 Å². The van der Waals surface area contributed by atoms with E-state index in [1.165, 1.54) is 32.6 Å². The summed E-state index contributed by atoms with van der Waals surface area (Å²) in [4.78, 5) is 9.92. The third-order valence-corrected chi connectivity index (χ3v) is 9.96. The predicted molar refractivity (Wildman–Crippen MR) is 201 cm³/mol. The molecule has 11 aromatic rings. The van der Waals surface area contributed by atoms with Crippen LogP contribution < -0.4 is 0 Å². The van der Waals surface area contributed by atoms with Gasteiger partial charge in [0.2, 0.25) is 5.71 Å². The Labute approximate surface area is 279 Å². The standard InChI is InChI=1S/C44H26N4O/c1-2-13-29(14-3-1)47-37-19-8-6-17-32(37)34-24-35-33-18-7-9-20-38(33)48(40(35)25-39(34)47)30-15-10-12-28(23-30)36-26-45-43-42-31-16-5-4-11-27(31)21-22-41(42)49-44(43)46-36/h1-26H. The van der Waals surface area contributed by atoms with Crippen molar-refractivity contribution < 1.29 is 4.42 Å². The highest BCUT2D eigenvalue weighted by Gasteiger charge is 2.19. The molecule has 4 aromatic heterocycles. The zero-order chi connectivity index (χ0) is 32.1. The van der Waals surface area contributed by atoms with Crippen LogP contribution >= 0.6 is 0 Å². The Hall–Kier alpha value is -6.72. The maximum absolute atomic E-state index is 6.27. The molecule has 0 amide bonds. The third-order valence-electron chi connectivity index (χ3n) is 9.96. The molecule has 0 aliphatic heterocycles. The SMILES string of the molecule is c1ccc(-n2c3ccccc3c3cc4c5ccccc5n(-c5cccc(-c6cnc7c(n6)oc6ccc8ccccc8c67)c5)c4cc32)cc1. The van der Waals surface area contributed by atoms with Gasteiger partial charge in [-0.15, -0.1) is 0 Å². The highest BCUT2D eigenvalue weighted by Crippen LogP contribution is 2.40. The summed E-state index contributed by atoms with van der Waals surface area (Å²) in [5.41, 5.74) is 10.7. The summed E-state index contributed by atoms with van der Waals surface area (Å²) in [6.45, 7) is 0. The minimum absolute atomic E-state index is 0.544. The molecular formula is C44H26N4O. The zero-order valence-corrected chi connectivity index (χ0v) is 26.2. The first-order valence-corrected chi connectivity index (χ1v) is 16.5. The number of fused-ring (bicyclic) bond motifs is 11. The summed E-state index contributed by atoms with van der Waals surface area (Å²) in [6, 6.07) is 53.7. The number of para-hydroxylation sites is 3. The van der Waals surface area contributed by atoms with Crippen molar-refractivity contribution >= 4 is 76.6 Å². The van der Waals surface area contributed by atoms with Crippen molar-refractivity contribution in [2.45, 2.75) is 0 Å². The van der Waals surface area contributed by atoms with Crippen molar-refractivity contribution in [3.8, 4) is 22.6 Å². The second-order valence-electron chi connectivity index (χ2n) is 12.6. The lowest BCUT2D eigenvalue weighted by Gasteiger charge is -2.11. The molecule has 7 aromatic carbocycles. The maximum atomic E-state index is 6.27. The first-order chi connectivity index (χ1) is 24.3. The molecule has 0 fully saturated rings. The van der Waals surface area contributed by atoms with Gasteiger partial charge in [-0.25, -0.2) is 9.97 Å². The fourth-order valence-corrected chi connectivity index (χ4v) is 7.81. The van der Waals surface area contributed by atoms with Crippen LogP contribution in [0.2, 0.25) is 0 Å². The Morgan fingerprint density at radius 2 is 1.12 bits per heavy atom. The fraction of sp³-hybridized carbons (Fsp3) is 0. The lowest BCUT2D eigenvalue weighted by molar-refractivity contribution is 0.654. The third kappa shape index (κ3) is 3.75. The Bertz CT molecular complexity index is 3110. The van der Waals surface area contributed by atoms with Crippen molar-refractivity contribution in [2.24, 2.45) is 0 Å². The number of nitrogens with zero attached hydrogens (tertiary/aromatic N) is 4. The molecule has 0 spiro atoms. The molecule has 0 bridgehead atoms. The van der Waals surface area contributed by atoms with E-state index in [4.69, 9.17) is 14.4 Å². The van der Waals surface area contributed by atoms with E-state index in [-0.39, 0.29) is 0 Å². The van der Waals surface area contributed by atoms with Crippen LogP contribution in [0.25, 0.3) is 99.2 Å². The van der Waals surface area contributed by atoms with Crippen LogP contribution in [-0.4, -0.2) is 19.1 Å². The minimum Gasteiger partial charge on any atom is -0.436 e. The second kappa shape index (κ2) is 9.89. The van der Waals surface area contributed by atoms with Crippen molar-refractivity contribution in [1.82, 2.24) is 19.1 Å². The first-order valence-electron chi connectivity index (χ1n) is 16.5. The molecule has 0 radical (unpaired) electrons. The van der Waals surface area contributed by atoms with Gasteiger partial charge in [0.25, 0.3) is 0 Å². The Morgan fingerprint density at radius 1 is 0.469 bits per heavy atom. The van der Waals surface area contributed by atoms with Crippen molar-refractivity contribution in [3.05, 3.63) is 158 Å². The summed E-state index contributed by atoms with van der Waals surface area (Å²) in [6.07, 6.45) is 1.87. The Kier molecular flexibility index (Phi) is 5.32. The van der Waals surface area contributed by atoms with Gasteiger partial charge in [-0.2, -0.15) is 0 Å². The van der Waals surface area contributed by atoms with E-state index in [1.54, 1.807) is 0 Å². The molecular weight excluding hydrogens is 601 g/mol. The maximum Gasteiger partial charge on any atom is 0.246 e. The van der Waals surface area contributed by atoms with E-state index in [0.717, 1.165) is 60.9 Å². The zero-order valence-electron chi connectivity index (χ0n) is 26.2. The molecule has 0 atom stereocenters. The number of furan rings is 1. The normalized spacial score (nSPS) is 12.1. The second-order valence-corrected chi connectivity index (χ2v) is 12.6. The van der Waals surface area contributed by atoms with E-state index in [9.17, 15) is 0 Å². The molecule has 49 heavy (non-hydrogen) atoms. The van der Waals surface area contributed by atoms with Gasteiger partial charge in [-0.1, -0.05) is 97.1 Å². The average Bonchev–Trinajstić information content (AvgIpc) is 3.81. The molecule has 5 heteroatoms. The molecule has 5 nitrogen and oxygen atoms in total. The van der Waals surface area contributed by atoms with Crippen LogP contribution in [-0.2, 0) is 0 Å². The van der Waals surface area contributed by atoms with Gasteiger partial charge in [-0.3, -0.25) is 0 Å². The highest BCUT2D eigenvalue weighted by molar-refractivity contribution is 6.19. The van der Waals surface area contributed by atoms with Gasteiger partial charge >= 0.3 is 0 Å². The number of hydrogen-bond acceptors (Lipinski definition) is 3. The molecule has 0 aliphatic rings. The summed E-state index contributed by atoms with van der Waals surface area (Å²) in [5.74, 6) is 0. The number of benzene rings is 7. The largest absolute Gasteiger partial charge is 0.436 e. The summed E-state index contributed by atoms with van der Waals surface area (Å²) < 4.78 is 11.0. The van der Waals surface area contributed by atoms with Gasteiger partial charge < -0.3 is 13.6 Å². The highest BCUT2D eigenvalue weighted by atomic mass is 16.3. The van der Waals surface area contributed by atoms with Gasteiger partial charge in [-0.05, 0) is 65.4 Å². The Balaban J connectivity index is 1.14. The van der Waals surface area contributed by atoms with Crippen LogP contribution in [0.1, 0.15) is 0 Å². The lowest BCUT2D eigenvalue weighted by Crippen LogP contribution is -1.96. The van der Waals surface area contributed by atoms with Crippen molar-refractivity contribution in [1.29, 1.82) is 0 Å². The Morgan fingerprint density at radius 3 is 1.90 bits per heavy atom. The molecule has 0 N–H and O–H groups in total. The number of aromatic nitrogens is 4. The lowest BCUT2D eigenvalue weighted by atomic mass is 10.1. The van der Waals surface area contributed by atoms with E-state index in [1.807, 2.05) is 12.3 Å². The molecule has 0 saturated heterocycles. The van der Waals surface area contributed by atoms with Gasteiger partial charge in [0, 0.05) is 38.5 Å². The van der Waals surface area contributed by atoms with E-state index in [2.05, 4.69) is 155 Å². The van der Waals surface area contributed by atoms with Crippen molar-refractivity contribution in [2.75, 3.05) is 0 Å². The van der Waals surface area contributed by atoms with Crippen LogP contribution in [0.3, 0.4) is 0 Å². The van der Waals surface area contributed by atoms with Gasteiger partial charge in [0.05, 0.1) is 39.3 Å². The topological polar surface area (TPSA) is 48.8 Å². The smallest absolute Gasteiger partial charge is 0.246 e. The monoisotopic (exact) mass is 626 g/mol. The van der Waals surface area contributed by atoms with Crippen molar-refractivity contribution in [3.63, 3.8) is 0 Å². The van der Waals surface area contributed by atoms with E-state index < -0.39 is 0 Å². The molecule has 228 valence electrons. The molecule has 0 saturated carbocycles. The number of hydrogen-bond donors (Lipinski definition) is 0. The molecule has 0 unspecified atom stereocenters. The predicted octanol–water partition coefficient (Wildman–Crippen LogP) is 11.4. The first kappa shape index (κ1) is 26.4. The molecule has 4 heterocycles. The van der Waals surface area contributed by atoms with Crippen LogP contribution in [0.5, 0.6) is 0 Å². The van der Waals surface area contributed by atoms with Gasteiger partial charge in [0.15, 0.2) is 0 Å². The average molecular weight is 627 g/mol. The minimum atomic E-state index is 0.544. The van der Waals surface area contributed by atoms with Crippen LogP contribution in [0.15, 0.2) is 162 Å². The summed E-state index contributed by atoms with van der Waals surface area (Å²) >= 11 is 0. The summed E-state index contributed by atoms with van der Waals surface area (Å²) in [7, 11) is 0. The fourth-order valence-electron chi connectivity index (χ4n) is 7.81. The van der Waals surface area contributed by atoms with Gasteiger partial charge in [0.1, 0.15) is 11.1 Å². The quantitative estimate of drug-likeness (QED) is 0.196. The van der Waals surface area contributed by atoms with E-state index in [0.29, 0.717) is 5.71 Å². The van der Waals surface area contributed by atoms with Crippen LogP contribution in [0.4, 0.5) is 0 Å². The van der Waals surface area contributed by atoms with E-state index >= 15 is 0 Å². The number of rotatable bonds is 3. The molecule has 11 rings (SSSR count). The molecule has 0 aliphatic carbocycles.